The van der Waals surface area contributed by atoms with Crippen molar-refractivity contribution in [2.75, 3.05) is 33.3 Å². The highest BCUT2D eigenvalue weighted by Gasteiger charge is 2.21. The molecule has 0 unspecified atom stereocenters. The lowest BCUT2D eigenvalue weighted by atomic mass is 10.1. The predicted octanol–water partition coefficient (Wildman–Crippen LogP) is 1.63. The maximum absolute atomic E-state index is 5.41. The Labute approximate surface area is 99.5 Å². The van der Waals surface area contributed by atoms with Crippen molar-refractivity contribution in [2.24, 2.45) is 0 Å². The molecule has 1 atom stereocenters. The molecule has 0 spiro atoms. The minimum absolute atomic E-state index is 0.512. The van der Waals surface area contributed by atoms with Crippen LogP contribution in [0.3, 0.4) is 0 Å². The molecule has 2 aliphatic heterocycles. The van der Waals surface area contributed by atoms with Crippen LogP contribution in [-0.4, -0.2) is 50.3 Å². The van der Waals surface area contributed by atoms with Gasteiger partial charge in [-0.15, -0.1) is 0 Å². The molecule has 0 aromatic carbocycles. The number of piperidine rings is 1. The van der Waals surface area contributed by atoms with Crippen LogP contribution in [0.15, 0.2) is 0 Å². The van der Waals surface area contributed by atoms with Crippen molar-refractivity contribution in [1.29, 1.82) is 0 Å². The van der Waals surface area contributed by atoms with Gasteiger partial charge in [-0.2, -0.15) is 0 Å². The largest absolute Gasteiger partial charge is 0.381 e. The fraction of sp³-hybridized carbons (Fsp3) is 1.00. The maximum Gasteiger partial charge on any atom is 0.0595 e. The van der Waals surface area contributed by atoms with Gasteiger partial charge in [0, 0.05) is 32.8 Å². The quantitative estimate of drug-likeness (QED) is 0.791. The molecule has 0 bridgehead atoms. The lowest BCUT2D eigenvalue weighted by Crippen LogP contribution is -2.45. The fourth-order valence-corrected chi connectivity index (χ4v) is 2.90. The molecule has 2 rings (SSSR count). The zero-order valence-corrected chi connectivity index (χ0v) is 10.6. The number of hydrogen-bond donors (Lipinski definition) is 1. The third-order valence-electron chi connectivity index (χ3n) is 4.01. The summed E-state index contributed by atoms with van der Waals surface area (Å²) in [6.45, 7) is 4.91. The highest BCUT2D eigenvalue weighted by atomic mass is 16.5. The Bertz CT molecular complexity index is 182. The molecule has 0 aliphatic carbocycles. The maximum atomic E-state index is 5.41. The molecule has 0 amide bonds. The summed E-state index contributed by atoms with van der Waals surface area (Å²) in [6.07, 6.45) is 8.48. The third-order valence-corrected chi connectivity index (χ3v) is 4.01. The summed E-state index contributed by atoms with van der Waals surface area (Å²) < 4.78 is 5.41. The SMILES string of the molecule is COC1CCN(C[C@@H]2CCCCCN2)CC1. The van der Waals surface area contributed by atoms with Crippen molar-refractivity contribution in [3.8, 4) is 0 Å². The Kier molecular flexibility index (Phi) is 5.07. The van der Waals surface area contributed by atoms with Gasteiger partial charge >= 0.3 is 0 Å². The standard InChI is InChI=1S/C13H26N2O/c1-16-13-6-9-15(10-7-13)11-12-5-3-2-4-8-14-12/h12-14H,2-11H2,1H3/t12-/m0/s1. The summed E-state index contributed by atoms with van der Waals surface area (Å²) in [4.78, 5) is 2.61. The molecule has 2 saturated heterocycles. The number of ether oxygens (including phenoxy) is 1. The second kappa shape index (κ2) is 6.58. The number of nitrogens with zero attached hydrogens (tertiary/aromatic N) is 1. The van der Waals surface area contributed by atoms with Crippen molar-refractivity contribution < 1.29 is 4.74 Å². The van der Waals surface area contributed by atoms with Gasteiger partial charge in [-0.3, -0.25) is 0 Å². The highest BCUT2D eigenvalue weighted by Crippen LogP contribution is 2.15. The first-order valence-electron chi connectivity index (χ1n) is 6.87. The zero-order valence-electron chi connectivity index (χ0n) is 10.6. The Morgan fingerprint density at radius 3 is 2.69 bits per heavy atom. The van der Waals surface area contributed by atoms with Crippen LogP contribution in [-0.2, 0) is 4.74 Å². The Balaban J connectivity index is 1.69. The van der Waals surface area contributed by atoms with E-state index in [1.807, 2.05) is 7.11 Å². The smallest absolute Gasteiger partial charge is 0.0595 e. The van der Waals surface area contributed by atoms with E-state index < -0.39 is 0 Å². The lowest BCUT2D eigenvalue weighted by molar-refractivity contribution is 0.0383. The first-order valence-corrected chi connectivity index (χ1v) is 6.87. The van der Waals surface area contributed by atoms with Crippen LogP contribution in [0.25, 0.3) is 0 Å². The van der Waals surface area contributed by atoms with Crippen LogP contribution in [0.4, 0.5) is 0 Å². The Hall–Kier alpha value is -0.120. The lowest BCUT2D eigenvalue weighted by Gasteiger charge is -2.33. The summed E-state index contributed by atoms with van der Waals surface area (Å²) in [6, 6.07) is 0.738. The minimum Gasteiger partial charge on any atom is -0.381 e. The van der Waals surface area contributed by atoms with Gasteiger partial charge in [-0.1, -0.05) is 12.8 Å². The molecular formula is C13H26N2O. The fourth-order valence-electron chi connectivity index (χ4n) is 2.90. The van der Waals surface area contributed by atoms with E-state index in [2.05, 4.69) is 10.2 Å². The van der Waals surface area contributed by atoms with Gasteiger partial charge < -0.3 is 15.0 Å². The highest BCUT2D eigenvalue weighted by molar-refractivity contribution is 4.79. The van der Waals surface area contributed by atoms with Gasteiger partial charge in [0.05, 0.1) is 6.10 Å². The predicted molar refractivity (Wildman–Crippen MR) is 66.7 cm³/mol. The molecular weight excluding hydrogens is 200 g/mol. The van der Waals surface area contributed by atoms with Crippen molar-refractivity contribution in [3.63, 3.8) is 0 Å². The molecule has 0 radical (unpaired) electrons. The molecule has 2 heterocycles. The molecule has 2 aliphatic rings. The second-order valence-corrected chi connectivity index (χ2v) is 5.24. The molecule has 94 valence electrons. The Morgan fingerprint density at radius 2 is 1.94 bits per heavy atom. The number of hydrogen-bond acceptors (Lipinski definition) is 3. The molecule has 2 fully saturated rings. The summed E-state index contributed by atoms with van der Waals surface area (Å²) in [5.74, 6) is 0. The zero-order chi connectivity index (χ0) is 11.2. The van der Waals surface area contributed by atoms with Crippen molar-refractivity contribution in [3.05, 3.63) is 0 Å². The number of nitrogens with one attached hydrogen (secondary N) is 1. The van der Waals surface area contributed by atoms with Gasteiger partial charge in [-0.25, -0.2) is 0 Å². The first-order chi connectivity index (χ1) is 7.88. The molecule has 0 saturated carbocycles. The average molecular weight is 226 g/mol. The van der Waals surface area contributed by atoms with Gasteiger partial charge in [0.2, 0.25) is 0 Å². The van der Waals surface area contributed by atoms with E-state index in [0.29, 0.717) is 6.10 Å². The van der Waals surface area contributed by atoms with Crippen LogP contribution in [0, 0.1) is 0 Å². The van der Waals surface area contributed by atoms with E-state index in [1.165, 1.54) is 64.7 Å². The topological polar surface area (TPSA) is 24.5 Å². The molecule has 0 aromatic heterocycles. The second-order valence-electron chi connectivity index (χ2n) is 5.24. The van der Waals surface area contributed by atoms with E-state index in [0.717, 1.165) is 6.04 Å². The van der Waals surface area contributed by atoms with Crippen molar-refractivity contribution >= 4 is 0 Å². The Morgan fingerprint density at radius 1 is 1.12 bits per heavy atom. The van der Waals surface area contributed by atoms with Crippen LogP contribution < -0.4 is 5.32 Å². The molecule has 16 heavy (non-hydrogen) atoms. The van der Waals surface area contributed by atoms with E-state index in [-0.39, 0.29) is 0 Å². The number of methoxy groups -OCH3 is 1. The van der Waals surface area contributed by atoms with Gasteiger partial charge in [0.25, 0.3) is 0 Å². The van der Waals surface area contributed by atoms with E-state index >= 15 is 0 Å². The molecule has 3 heteroatoms. The van der Waals surface area contributed by atoms with Crippen LogP contribution in [0.5, 0.6) is 0 Å². The summed E-state index contributed by atoms with van der Waals surface area (Å²) in [7, 11) is 1.84. The van der Waals surface area contributed by atoms with Crippen LogP contribution in [0.2, 0.25) is 0 Å². The summed E-state index contributed by atoms with van der Waals surface area (Å²) >= 11 is 0. The minimum atomic E-state index is 0.512. The van der Waals surface area contributed by atoms with Crippen LogP contribution >= 0.6 is 0 Å². The van der Waals surface area contributed by atoms with Gasteiger partial charge in [-0.05, 0) is 32.2 Å². The van der Waals surface area contributed by atoms with E-state index in [4.69, 9.17) is 4.74 Å². The third kappa shape index (κ3) is 3.72. The first kappa shape index (κ1) is 12.3. The van der Waals surface area contributed by atoms with E-state index in [9.17, 15) is 0 Å². The molecule has 3 nitrogen and oxygen atoms in total. The summed E-state index contributed by atoms with van der Waals surface area (Å²) in [5, 5.41) is 3.68. The van der Waals surface area contributed by atoms with Gasteiger partial charge in [0.1, 0.15) is 0 Å². The van der Waals surface area contributed by atoms with Crippen LogP contribution in [0.1, 0.15) is 38.5 Å². The normalized spacial score (nSPS) is 30.2. The number of rotatable bonds is 3. The van der Waals surface area contributed by atoms with Crippen molar-refractivity contribution in [1.82, 2.24) is 10.2 Å². The average Bonchev–Trinajstić information content (AvgIpc) is 2.59. The monoisotopic (exact) mass is 226 g/mol. The molecule has 1 N–H and O–H groups in total. The molecule has 0 aromatic rings. The van der Waals surface area contributed by atoms with Gasteiger partial charge in [0.15, 0.2) is 0 Å². The summed E-state index contributed by atoms with van der Waals surface area (Å²) in [5.41, 5.74) is 0. The van der Waals surface area contributed by atoms with Crippen molar-refractivity contribution in [2.45, 2.75) is 50.7 Å². The number of likely N-dealkylation sites (tertiary alicyclic amines) is 1. The van der Waals surface area contributed by atoms with E-state index in [1.54, 1.807) is 0 Å².